The van der Waals surface area contributed by atoms with Gasteiger partial charge >= 0.3 is 5.97 Å². The van der Waals surface area contributed by atoms with Gasteiger partial charge in [0, 0.05) is 5.41 Å². The van der Waals surface area contributed by atoms with Crippen molar-refractivity contribution in [3.8, 4) is 5.75 Å². The van der Waals surface area contributed by atoms with E-state index in [0.29, 0.717) is 11.8 Å². The molecule has 1 saturated heterocycles. The normalized spacial score (nSPS) is 40.0. The van der Waals surface area contributed by atoms with Crippen LogP contribution >= 0.6 is 0 Å². The van der Waals surface area contributed by atoms with E-state index < -0.39 is 0 Å². The highest BCUT2D eigenvalue weighted by Crippen LogP contribution is 2.67. The third-order valence-corrected chi connectivity index (χ3v) is 9.29. The summed E-state index contributed by atoms with van der Waals surface area (Å²) in [7, 11) is 0. The van der Waals surface area contributed by atoms with Crippen LogP contribution in [0.5, 0.6) is 5.75 Å². The van der Waals surface area contributed by atoms with Gasteiger partial charge in [0.25, 0.3) is 0 Å². The van der Waals surface area contributed by atoms with Crippen molar-refractivity contribution in [1.82, 2.24) is 0 Å². The summed E-state index contributed by atoms with van der Waals surface area (Å²) in [4.78, 5) is 12.8. The standard InChI is InChI=1S/C26H36O3/c1-5-28-18-7-9-19-17(16-18)6-8-21-20(19)10-12-25(4)22(21)11-13-26(25)15-14-24(2,3)23(27)29-26/h7,9,16,20-22H,5-6,8,10-15H2,1-4H3/t20?,21?,22?,25-,26+/m0/s1. The molecule has 3 fully saturated rings. The first kappa shape index (κ1) is 19.5. The van der Waals surface area contributed by atoms with Gasteiger partial charge in [-0.15, -0.1) is 0 Å². The van der Waals surface area contributed by atoms with E-state index in [1.165, 1.54) is 31.2 Å². The first-order valence-corrected chi connectivity index (χ1v) is 11.8. The van der Waals surface area contributed by atoms with Crippen molar-refractivity contribution in [3.05, 3.63) is 29.3 Å². The zero-order chi connectivity index (χ0) is 20.4. The average molecular weight is 397 g/mol. The maximum Gasteiger partial charge on any atom is 0.312 e. The van der Waals surface area contributed by atoms with Gasteiger partial charge in [-0.25, -0.2) is 0 Å². The van der Waals surface area contributed by atoms with E-state index in [9.17, 15) is 4.79 Å². The molecule has 1 aromatic carbocycles. The quantitative estimate of drug-likeness (QED) is 0.571. The second-order valence-corrected chi connectivity index (χ2v) is 11.0. The van der Waals surface area contributed by atoms with Crippen molar-refractivity contribution in [1.29, 1.82) is 0 Å². The van der Waals surface area contributed by atoms with E-state index >= 15 is 0 Å². The van der Waals surface area contributed by atoms with Crippen LogP contribution in [-0.2, 0) is 16.0 Å². The molecule has 2 saturated carbocycles. The lowest BCUT2D eigenvalue weighted by Gasteiger charge is -2.56. The van der Waals surface area contributed by atoms with Gasteiger partial charge in [0.05, 0.1) is 12.0 Å². The molecule has 5 atom stereocenters. The highest BCUT2D eigenvalue weighted by atomic mass is 16.6. The van der Waals surface area contributed by atoms with Crippen LogP contribution in [-0.4, -0.2) is 18.2 Å². The van der Waals surface area contributed by atoms with Crippen molar-refractivity contribution in [2.24, 2.45) is 22.7 Å². The lowest BCUT2D eigenvalue weighted by molar-refractivity contribution is -0.206. The third kappa shape index (κ3) is 2.72. The Balaban J connectivity index is 1.43. The topological polar surface area (TPSA) is 35.5 Å². The molecule has 1 aliphatic heterocycles. The van der Waals surface area contributed by atoms with E-state index in [1.807, 2.05) is 20.8 Å². The molecule has 3 heteroatoms. The second kappa shape index (κ2) is 6.49. The van der Waals surface area contributed by atoms with Crippen LogP contribution in [0.25, 0.3) is 0 Å². The smallest absolute Gasteiger partial charge is 0.312 e. The lowest BCUT2D eigenvalue weighted by atomic mass is 9.52. The van der Waals surface area contributed by atoms with Gasteiger partial charge in [-0.2, -0.15) is 0 Å². The Kier molecular flexibility index (Phi) is 4.35. The number of carbonyl (C=O) groups excluding carboxylic acids is 1. The lowest BCUT2D eigenvalue weighted by Crippen LogP contribution is -2.56. The molecule has 1 heterocycles. The Hall–Kier alpha value is -1.51. The fourth-order valence-electron chi connectivity index (χ4n) is 7.47. The highest BCUT2D eigenvalue weighted by molar-refractivity contribution is 5.77. The maximum absolute atomic E-state index is 12.8. The fourth-order valence-corrected chi connectivity index (χ4v) is 7.47. The highest BCUT2D eigenvalue weighted by Gasteiger charge is 2.65. The first-order valence-electron chi connectivity index (χ1n) is 11.8. The molecular formula is C26H36O3. The van der Waals surface area contributed by atoms with Gasteiger partial charge in [0.1, 0.15) is 11.4 Å². The van der Waals surface area contributed by atoms with Crippen molar-refractivity contribution in [2.75, 3.05) is 6.61 Å². The van der Waals surface area contributed by atoms with Gasteiger partial charge in [0.15, 0.2) is 0 Å². The number of ether oxygens (including phenoxy) is 2. The van der Waals surface area contributed by atoms with Crippen LogP contribution in [0, 0.1) is 22.7 Å². The Morgan fingerprint density at radius 1 is 1.07 bits per heavy atom. The molecule has 0 bridgehead atoms. The Morgan fingerprint density at radius 2 is 1.90 bits per heavy atom. The Labute approximate surface area is 175 Å². The predicted molar refractivity (Wildman–Crippen MR) is 114 cm³/mol. The van der Waals surface area contributed by atoms with Gasteiger partial charge in [-0.3, -0.25) is 4.79 Å². The molecule has 0 N–H and O–H groups in total. The number of fused-ring (bicyclic) bond motifs is 6. The van der Waals surface area contributed by atoms with Crippen molar-refractivity contribution < 1.29 is 14.3 Å². The summed E-state index contributed by atoms with van der Waals surface area (Å²) in [6.07, 6.45) is 9.12. The zero-order valence-electron chi connectivity index (χ0n) is 18.6. The number of carbonyl (C=O) groups is 1. The van der Waals surface area contributed by atoms with Gasteiger partial charge < -0.3 is 9.47 Å². The van der Waals surface area contributed by atoms with Gasteiger partial charge in [-0.05, 0) is 113 Å². The summed E-state index contributed by atoms with van der Waals surface area (Å²) in [6, 6.07) is 6.79. The summed E-state index contributed by atoms with van der Waals surface area (Å²) >= 11 is 0. The molecule has 158 valence electrons. The summed E-state index contributed by atoms with van der Waals surface area (Å²) in [6.45, 7) is 9.32. The molecule has 4 aliphatic rings. The molecule has 1 aromatic rings. The van der Waals surface area contributed by atoms with E-state index in [2.05, 4.69) is 25.1 Å². The molecule has 29 heavy (non-hydrogen) atoms. The SMILES string of the molecule is CCOc1ccc2c(c1)CCC1C2CC[C@@]2(C)C1CC[C@@]21CCC(C)(C)C(=O)O1. The van der Waals surface area contributed by atoms with E-state index in [-0.39, 0.29) is 22.4 Å². The van der Waals surface area contributed by atoms with Gasteiger partial charge in [0.2, 0.25) is 0 Å². The number of rotatable bonds is 2. The summed E-state index contributed by atoms with van der Waals surface area (Å²) in [5.74, 6) is 3.12. The predicted octanol–water partition coefficient (Wildman–Crippen LogP) is 6.04. The molecule has 3 nitrogen and oxygen atoms in total. The minimum atomic E-state index is -0.320. The van der Waals surface area contributed by atoms with Crippen molar-refractivity contribution >= 4 is 5.97 Å². The maximum atomic E-state index is 12.8. The molecule has 0 radical (unpaired) electrons. The summed E-state index contributed by atoms with van der Waals surface area (Å²) in [5, 5.41) is 0. The fraction of sp³-hybridized carbons (Fsp3) is 0.731. The molecule has 3 aliphatic carbocycles. The van der Waals surface area contributed by atoms with Crippen LogP contribution in [0.1, 0.15) is 89.7 Å². The number of hydrogen-bond acceptors (Lipinski definition) is 3. The van der Waals surface area contributed by atoms with Crippen molar-refractivity contribution in [3.63, 3.8) is 0 Å². The molecule has 5 rings (SSSR count). The molecule has 0 aromatic heterocycles. The van der Waals surface area contributed by atoms with E-state index in [4.69, 9.17) is 9.47 Å². The molecule has 1 spiro atoms. The number of benzene rings is 1. The minimum absolute atomic E-state index is 0.0326. The van der Waals surface area contributed by atoms with E-state index in [0.717, 1.165) is 44.0 Å². The summed E-state index contributed by atoms with van der Waals surface area (Å²) < 4.78 is 12.1. The monoisotopic (exact) mass is 396 g/mol. The molecular weight excluding hydrogens is 360 g/mol. The van der Waals surface area contributed by atoms with Crippen LogP contribution in [0.3, 0.4) is 0 Å². The van der Waals surface area contributed by atoms with Crippen molar-refractivity contribution in [2.45, 2.75) is 90.6 Å². The number of aryl methyl sites for hydroxylation is 1. The van der Waals surface area contributed by atoms with Crippen LogP contribution < -0.4 is 4.74 Å². The molecule has 3 unspecified atom stereocenters. The average Bonchev–Trinajstić information content (AvgIpc) is 2.98. The van der Waals surface area contributed by atoms with E-state index in [1.54, 1.807) is 5.56 Å². The third-order valence-electron chi connectivity index (χ3n) is 9.29. The minimum Gasteiger partial charge on any atom is -0.494 e. The van der Waals surface area contributed by atoms with Gasteiger partial charge in [-0.1, -0.05) is 13.0 Å². The Bertz CT molecular complexity index is 827. The summed E-state index contributed by atoms with van der Waals surface area (Å²) in [5.41, 5.74) is 2.67. The number of hydrogen-bond donors (Lipinski definition) is 0. The van der Waals surface area contributed by atoms with Crippen LogP contribution in [0.4, 0.5) is 0 Å². The van der Waals surface area contributed by atoms with Crippen LogP contribution in [0.2, 0.25) is 0 Å². The van der Waals surface area contributed by atoms with Crippen LogP contribution in [0.15, 0.2) is 18.2 Å². The largest absolute Gasteiger partial charge is 0.494 e. The number of esters is 1. The zero-order valence-corrected chi connectivity index (χ0v) is 18.6. The Morgan fingerprint density at radius 3 is 2.66 bits per heavy atom. The molecule has 0 amide bonds. The first-order chi connectivity index (χ1) is 13.8. The second-order valence-electron chi connectivity index (χ2n) is 11.0.